The van der Waals surface area contributed by atoms with Crippen LogP contribution in [0.2, 0.25) is 0 Å². The number of methoxy groups -OCH3 is 1. The molecule has 1 fully saturated rings. The monoisotopic (exact) mass is 605 g/mol. The number of allylic oxidation sites excluding steroid dienone is 3. The second-order valence-corrected chi connectivity index (χ2v) is 12.7. The number of amides is 1. The Balaban J connectivity index is 1.31. The normalized spacial score (nSPS) is 18.5. The maximum atomic E-state index is 13.1. The van der Waals surface area contributed by atoms with E-state index in [4.69, 9.17) is 4.74 Å². The summed E-state index contributed by atoms with van der Waals surface area (Å²) in [6.07, 6.45) is 3.84. The van der Waals surface area contributed by atoms with Crippen molar-refractivity contribution in [1.29, 1.82) is 0 Å². The van der Waals surface area contributed by atoms with Crippen LogP contribution in [0.4, 0.5) is 0 Å². The van der Waals surface area contributed by atoms with E-state index >= 15 is 0 Å². The van der Waals surface area contributed by atoms with Crippen LogP contribution in [0, 0.1) is 0 Å². The summed E-state index contributed by atoms with van der Waals surface area (Å²) in [5.41, 5.74) is 7.94. The van der Waals surface area contributed by atoms with Gasteiger partial charge in [0, 0.05) is 23.4 Å². The van der Waals surface area contributed by atoms with Crippen molar-refractivity contribution in [3.63, 3.8) is 0 Å². The van der Waals surface area contributed by atoms with Gasteiger partial charge in [0.15, 0.2) is 0 Å². The van der Waals surface area contributed by atoms with Gasteiger partial charge in [-0.3, -0.25) is 4.79 Å². The molecular weight excluding hydrogens is 558 g/mol. The van der Waals surface area contributed by atoms with Crippen molar-refractivity contribution in [3.8, 4) is 0 Å². The van der Waals surface area contributed by atoms with E-state index in [9.17, 15) is 9.59 Å². The first-order chi connectivity index (χ1) is 21.8. The van der Waals surface area contributed by atoms with E-state index in [1.54, 1.807) is 4.90 Å². The number of hydrogen-bond acceptors (Lipinski definition) is 5. The predicted octanol–water partition coefficient (Wildman–Crippen LogP) is 7.11. The highest BCUT2D eigenvalue weighted by atomic mass is 16.5. The van der Waals surface area contributed by atoms with Crippen LogP contribution in [0.15, 0.2) is 108 Å². The molecule has 3 aromatic carbocycles. The van der Waals surface area contributed by atoms with E-state index in [1.807, 2.05) is 13.8 Å². The quantitative estimate of drug-likeness (QED) is 0.187. The topological polar surface area (TPSA) is 61.9 Å². The lowest BCUT2D eigenvalue weighted by atomic mass is 9.68. The summed E-state index contributed by atoms with van der Waals surface area (Å²) in [7, 11) is 1.41. The Bertz CT molecular complexity index is 1480. The number of carbonyl (C=O) groups is 2. The van der Waals surface area contributed by atoms with E-state index < -0.39 is 5.92 Å². The van der Waals surface area contributed by atoms with Crippen molar-refractivity contribution in [2.24, 2.45) is 0 Å². The fourth-order valence-electron chi connectivity index (χ4n) is 7.25. The fourth-order valence-corrected chi connectivity index (χ4v) is 7.25. The molecular formula is C39H47N3O3. The van der Waals surface area contributed by atoms with Crippen LogP contribution < -0.4 is 5.32 Å². The summed E-state index contributed by atoms with van der Waals surface area (Å²) in [4.78, 5) is 30.1. The second-order valence-electron chi connectivity index (χ2n) is 12.7. The SMILES string of the molecule is COC(=O)C1=C(C)NC(C)=C(N(C=O)CCCN2CCC(c3ccccc3)(c3ccccc3)CC2)C1c1ccc(C(C)C)cc1. The molecule has 1 N–H and O–H groups in total. The smallest absolute Gasteiger partial charge is 0.336 e. The van der Waals surface area contributed by atoms with Crippen molar-refractivity contribution >= 4 is 12.4 Å². The van der Waals surface area contributed by atoms with Crippen LogP contribution >= 0.6 is 0 Å². The first kappa shape index (κ1) is 32.2. The summed E-state index contributed by atoms with van der Waals surface area (Å²) < 4.78 is 5.24. The van der Waals surface area contributed by atoms with Gasteiger partial charge in [-0.05, 0) is 80.9 Å². The summed E-state index contributed by atoms with van der Waals surface area (Å²) in [6, 6.07) is 30.2. The minimum Gasteiger partial charge on any atom is -0.466 e. The lowest BCUT2D eigenvalue weighted by Gasteiger charge is -2.43. The van der Waals surface area contributed by atoms with Crippen LogP contribution in [0.25, 0.3) is 0 Å². The van der Waals surface area contributed by atoms with E-state index in [-0.39, 0.29) is 11.4 Å². The van der Waals surface area contributed by atoms with E-state index in [1.165, 1.54) is 23.8 Å². The van der Waals surface area contributed by atoms with Gasteiger partial charge in [-0.2, -0.15) is 0 Å². The van der Waals surface area contributed by atoms with Gasteiger partial charge >= 0.3 is 5.97 Å². The highest BCUT2D eigenvalue weighted by Crippen LogP contribution is 2.42. The Kier molecular flexibility index (Phi) is 10.2. The molecule has 0 spiro atoms. The molecule has 1 atom stereocenters. The molecule has 5 rings (SSSR count). The number of carbonyl (C=O) groups excluding carboxylic acids is 2. The zero-order valence-corrected chi connectivity index (χ0v) is 27.4. The third-order valence-electron chi connectivity index (χ3n) is 9.74. The summed E-state index contributed by atoms with van der Waals surface area (Å²) >= 11 is 0. The third kappa shape index (κ3) is 6.76. The number of likely N-dealkylation sites (tertiary alicyclic amines) is 1. The van der Waals surface area contributed by atoms with Gasteiger partial charge in [-0.15, -0.1) is 0 Å². The van der Waals surface area contributed by atoms with E-state index in [2.05, 4.69) is 109 Å². The maximum Gasteiger partial charge on any atom is 0.336 e. The molecule has 45 heavy (non-hydrogen) atoms. The Hall–Kier alpha value is -4.16. The summed E-state index contributed by atoms with van der Waals surface area (Å²) in [6.45, 7) is 11.7. The molecule has 0 radical (unpaired) electrons. The minimum absolute atomic E-state index is 0.0103. The first-order valence-electron chi connectivity index (χ1n) is 16.2. The number of piperidine rings is 1. The lowest BCUT2D eigenvalue weighted by Crippen LogP contribution is -2.44. The zero-order valence-electron chi connectivity index (χ0n) is 27.4. The largest absolute Gasteiger partial charge is 0.466 e. The predicted molar refractivity (Wildman–Crippen MR) is 181 cm³/mol. The van der Waals surface area contributed by atoms with Gasteiger partial charge in [-0.1, -0.05) is 98.8 Å². The maximum absolute atomic E-state index is 13.1. The zero-order chi connectivity index (χ0) is 32.0. The van der Waals surface area contributed by atoms with Crippen LogP contribution in [-0.2, 0) is 19.7 Å². The number of nitrogens with one attached hydrogen (secondary N) is 1. The van der Waals surface area contributed by atoms with Crippen molar-refractivity contribution in [2.75, 3.05) is 33.3 Å². The van der Waals surface area contributed by atoms with Crippen molar-refractivity contribution in [3.05, 3.63) is 130 Å². The van der Waals surface area contributed by atoms with Gasteiger partial charge in [0.05, 0.1) is 24.3 Å². The molecule has 2 heterocycles. The third-order valence-corrected chi connectivity index (χ3v) is 9.74. The molecule has 2 aliphatic heterocycles. The van der Waals surface area contributed by atoms with Crippen molar-refractivity contribution < 1.29 is 14.3 Å². The molecule has 0 bridgehead atoms. The van der Waals surface area contributed by atoms with Crippen LogP contribution in [0.3, 0.4) is 0 Å². The van der Waals surface area contributed by atoms with Crippen LogP contribution in [-0.4, -0.2) is 55.5 Å². The molecule has 2 aliphatic rings. The molecule has 3 aromatic rings. The number of rotatable bonds is 11. The molecule has 0 saturated carbocycles. The number of nitrogens with zero attached hydrogens (tertiary/aromatic N) is 2. The molecule has 0 aromatic heterocycles. The van der Waals surface area contributed by atoms with E-state index in [0.29, 0.717) is 18.0 Å². The average Bonchev–Trinajstić information content (AvgIpc) is 3.07. The molecule has 1 unspecified atom stereocenters. The highest BCUT2D eigenvalue weighted by molar-refractivity contribution is 5.92. The number of benzene rings is 3. The van der Waals surface area contributed by atoms with Gasteiger partial charge in [0.1, 0.15) is 0 Å². The highest BCUT2D eigenvalue weighted by Gasteiger charge is 2.38. The molecule has 1 saturated heterocycles. The van der Waals surface area contributed by atoms with Crippen molar-refractivity contribution in [1.82, 2.24) is 15.1 Å². The lowest BCUT2D eigenvalue weighted by molar-refractivity contribution is -0.136. The first-order valence-corrected chi connectivity index (χ1v) is 16.2. The second kappa shape index (κ2) is 14.3. The Labute approximate surface area is 268 Å². The van der Waals surface area contributed by atoms with Crippen molar-refractivity contribution in [2.45, 2.75) is 64.2 Å². The average molecular weight is 606 g/mol. The van der Waals surface area contributed by atoms with E-state index in [0.717, 1.165) is 68.0 Å². The minimum atomic E-state index is -0.405. The fraction of sp³-hybridized carbons (Fsp3) is 0.385. The number of ether oxygens (including phenoxy) is 1. The van der Waals surface area contributed by atoms with Gasteiger partial charge < -0.3 is 19.9 Å². The van der Waals surface area contributed by atoms with Gasteiger partial charge in [0.25, 0.3) is 0 Å². The Morgan fingerprint density at radius 3 is 2.02 bits per heavy atom. The van der Waals surface area contributed by atoms with Gasteiger partial charge in [0.2, 0.25) is 6.41 Å². The standard InChI is InChI=1S/C39H47N3O3/c1-28(2)31-17-19-32(20-18-31)36-35(38(44)45-5)29(3)40-30(4)37(36)42(27-43)24-12-23-41-25-21-39(22-26-41,33-13-8-6-9-14-33)34-15-10-7-11-16-34/h6-11,13-20,27-28,36,40H,12,21-26H2,1-5H3. The number of esters is 1. The Morgan fingerprint density at radius 2 is 1.51 bits per heavy atom. The summed E-state index contributed by atoms with van der Waals surface area (Å²) in [5, 5.41) is 3.37. The molecule has 6 nitrogen and oxygen atoms in total. The molecule has 236 valence electrons. The number of dihydropyridines is 1. The van der Waals surface area contributed by atoms with Gasteiger partial charge in [-0.25, -0.2) is 4.79 Å². The molecule has 6 heteroatoms. The summed E-state index contributed by atoms with van der Waals surface area (Å²) in [5.74, 6) is -0.396. The van der Waals surface area contributed by atoms with Crippen LogP contribution in [0.5, 0.6) is 0 Å². The number of hydrogen-bond donors (Lipinski definition) is 1. The molecule has 0 aliphatic carbocycles. The Morgan fingerprint density at radius 1 is 0.933 bits per heavy atom. The molecule has 1 amide bonds. The van der Waals surface area contributed by atoms with Crippen LogP contribution in [0.1, 0.15) is 81.0 Å².